The molecule has 2 atom stereocenters. The van der Waals surface area contributed by atoms with Crippen molar-refractivity contribution in [3.05, 3.63) is 71.9 Å². The number of hydrogen-bond donors (Lipinski definition) is 2. The maximum atomic E-state index is 13.1. The summed E-state index contributed by atoms with van der Waals surface area (Å²) in [6.45, 7) is 10.1. The molecule has 0 radical (unpaired) electrons. The summed E-state index contributed by atoms with van der Waals surface area (Å²) in [5.74, 6) is -0.494. The van der Waals surface area contributed by atoms with E-state index in [1.165, 1.54) is 12.1 Å². The molecule has 0 unspecified atom stereocenters. The van der Waals surface area contributed by atoms with Crippen LogP contribution in [0.5, 0.6) is 0 Å². The van der Waals surface area contributed by atoms with E-state index in [1.54, 1.807) is 30.5 Å². The predicted molar refractivity (Wildman–Crippen MR) is 131 cm³/mol. The van der Waals surface area contributed by atoms with E-state index < -0.39 is 38.1 Å². The normalized spacial score (nSPS) is 14.6. The lowest BCUT2D eigenvalue weighted by Gasteiger charge is -2.40. The first-order chi connectivity index (χ1) is 15.7. The second-order valence-corrected chi connectivity index (χ2v) is 14.6. The van der Waals surface area contributed by atoms with E-state index in [0.717, 1.165) is 23.0 Å². The molecule has 1 aromatic heterocycles. The first-order valence-electron chi connectivity index (χ1n) is 11.0. The van der Waals surface area contributed by atoms with Crippen molar-refractivity contribution in [1.29, 1.82) is 0 Å². The van der Waals surface area contributed by atoms with Crippen LogP contribution in [0.3, 0.4) is 0 Å². The minimum atomic E-state index is -4.46. The number of nitrogens with two attached hydrogens (primary N) is 1. The Kier molecular flexibility index (Phi) is 7.21. The van der Waals surface area contributed by atoms with E-state index >= 15 is 0 Å². The van der Waals surface area contributed by atoms with Crippen LogP contribution in [0.2, 0.25) is 18.1 Å². The van der Waals surface area contributed by atoms with Crippen molar-refractivity contribution in [3.63, 3.8) is 0 Å². The first kappa shape index (κ1) is 25.9. The lowest BCUT2D eigenvalue weighted by Crippen LogP contribution is -2.49. The summed E-state index contributed by atoms with van der Waals surface area (Å²) in [7, 11) is -2.43. The molecule has 34 heavy (non-hydrogen) atoms. The molecule has 0 saturated carbocycles. The fourth-order valence-corrected chi connectivity index (χ4v) is 4.49. The minimum absolute atomic E-state index is 0.196. The van der Waals surface area contributed by atoms with Crippen LogP contribution < -0.4 is 11.1 Å². The summed E-state index contributed by atoms with van der Waals surface area (Å²) >= 11 is 0. The zero-order valence-corrected chi connectivity index (χ0v) is 20.9. The van der Waals surface area contributed by atoms with Gasteiger partial charge in [-0.1, -0.05) is 39.0 Å². The standard InChI is InChI=1S/C25H30F3N3O2Si/c1-24(2,3)34(4,5)33-22(16-8-10-18(11-9-16)25(26,27)28)21(29)23(32)31-19-12-13-20-17(15-19)7-6-14-30-20/h6-15,21-22H,29H2,1-5H3,(H,31,32)/t21-,22-/m0/s1. The van der Waals surface area contributed by atoms with Crippen LogP contribution in [0, 0.1) is 0 Å². The molecule has 0 aliphatic carbocycles. The van der Waals surface area contributed by atoms with Crippen molar-refractivity contribution < 1.29 is 22.4 Å². The number of alkyl halides is 3. The number of halogens is 3. The van der Waals surface area contributed by atoms with Crippen LogP contribution in [-0.4, -0.2) is 25.3 Å². The number of pyridine rings is 1. The molecule has 3 aromatic rings. The number of carbonyl (C=O) groups excluding carboxylic acids is 1. The van der Waals surface area contributed by atoms with E-state index in [0.29, 0.717) is 11.3 Å². The van der Waals surface area contributed by atoms with Crippen LogP contribution in [0.25, 0.3) is 10.9 Å². The van der Waals surface area contributed by atoms with E-state index in [9.17, 15) is 18.0 Å². The van der Waals surface area contributed by atoms with Gasteiger partial charge in [0, 0.05) is 17.3 Å². The smallest absolute Gasteiger partial charge is 0.408 e. The molecule has 3 N–H and O–H groups in total. The number of carbonyl (C=O) groups is 1. The lowest BCUT2D eigenvalue weighted by molar-refractivity contribution is -0.137. The van der Waals surface area contributed by atoms with E-state index in [1.807, 2.05) is 39.9 Å². The summed E-state index contributed by atoms with van der Waals surface area (Å²) in [6, 6.07) is 12.5. The molecule has 0 saturated heterocycles. The summed E-state index contributed by atoms with van der Waals surface area (Å²) < 4.78 is 45.7. The molecule has 9 heteroatoms. The maximum Gasteiger partial charge on any atom is 0.416 e. The maximum absolute atomic E-state index is 13.1. The molecular weight excluding hydrogens is 459 g/mol. The fraction of sp³-hybridized carbons (Fsp3) is 0.360. The molecule has 2 aromatic carbocycles. The van der Waals surface area contributed by atoms with Gasteiger partial charge in [0.25, 0.3) is 0 Å². The van der Waals surface area contributed by atoms with Crippen molar-refractivity contribution in [2.75, 3.05) is 5.32 Å². The average molecular weight is 490 g/mol. The highest BCUT2D eigenvalue weighted by Crippen LogP contribution is 2.41. The Bertz CT molecular complexity index is 1160. The number of benzene rings is 2. The lowest BCUT2D eigenvalue weighted by atomic mass is 10.0. The number of amides is 1. The highest BCUT2D eigenvalue weighted by molar-refractivity contribution is 6.74. The summed E-state index contributed by atoms with van der Waals surface area (Å²) in [4.78, 5) is 17.4. The number of nitrogens with one attached hydrogen (secondary N) is 1. The number of hydrogen-bond acceptors (Lipinski definition) is 4. The van der Waals surface area contributed by atoms with Gasteiger partial charge >= 0.3 is 6.18 Å². The quantitative estimate of drug-likeness (QED) is 0.399. The highest BCUT2D eigenvalue weighted by Gasteiger charge is 2.42. The molecule has 0 aliphatic rings. The third-order valence-corrected chi connectivity index (χ3v) is 10.7. The Labute approximate surface area is 198 Å². The van der Waals surface area contributed by atoms with Crippen molar-refractivity contribution in [3.8, 4) is 0 Å². The number of nitrogens with zero attached hydrogens (tertiary/aromatic N) is 1. The van der Waals surface area contributed by atoms with Gasteiger partial charge in [0.15, 0.2) is 8.32 Å². The Hall–Kier alpha value is -2.75. The topological polar surface area (TPSA) is 77.2 Å². The molecule has 0 bridgehead atoms. The monoisotopic (exact) mass is 489 g/mol. The van der Waals surface area contributed by atoms with Gasteiger partial charge in [0.05, 0.1) is 17.2 Å². The van der Waals surface area contributed by atoms with Gasteiger partial charge in [-0.15, -0.1) is 0 Å². The second-order valence-electron chi connectivity index (χ2n) is 9.84. The van der Waals surface area contributed by atoms with Crippen LogP contribution in [0.15, 0.2) is 60.8 Å². The predicted octanol–water partition coefficient (Wildman–Crippen LogP) is 6.28. The highest BCUT2D eigenvalue weighted by atomic mass is 28.4. The van der Waals surface area contributed by atoms with E-state index in [4.69, 9.17) is 10.2 Å². The van der Waals surface area contributed by atoms with Gasteiger partial charge in [0.1, 0.15) is 6.04 Å². The molecule has 0 spiro atoms. The molecule has 3 rings (SSSR count). The van der Waals surface area contributed by atoms with Crippen LogP contribution >= 0.6 is 0 Å². The molecule has 1 heterocycles. The van der Waals surface area contributed by atoms with E-state index in [-0.39, 0.29) is 5.04 Å². The van der Waals surface area contributed by atoms with Gasteiger partial charge < -0.3 is 15.5 Å². The Morgan fingerprint density at radius 2 is 1.71 bits per heavy atom. The molecule has 0 fully saturated rings. The van der Waals surface area contributed by atoms with Gasteiger partial charge in [-0.3, -0.25) is 9.78 Å². The molecule has 0 aliphatic heterocycles. The second kappa shape index (κ2) is 9.48. The van der Waals surface area contributed by atoms with Crippen molar-refractivity contribution in [2.24, 2.45) is 5.73 Å². The van der Waals surface area contributed by atoms with Crippen LogP contribution in [-0.2, 0) is 15.4 Å². The number of fused-ring (bicyclic) bond motifs is 1. The summed E-state index contributed by atoms with van der Waals surface area (Å²) in [5.41, 5.74) is 7.35. The third-order valence-electron chi connectivity index (χ3n) is 6.29. The third kappa shape index (κ3) is 5.83. The molecule has 182 valence electrons. The van der Waals surface area contributed by atoms with Gasteiger partial charge in [-0.2, -0.15) is 13.2 Å². The molecule has 5 nitrogen and oxygen atoms in total. The minimum Gasteiger partial charge on any atom is -0.408 e. The summed E-state index contributed by atoms with van der Waals surface area (Å²) in [6.07, 6.45) is -3.69. The average Bonchev–Trinajstić information content (AvgIpc) is 2.75. The molecular formula is C25H30F3N3O2Si. The largest absolute Gasteiger partial charge is 0.416 e. The van der Waals surface area contributed by atoms with Gasteiger partial charge in [-0.05, 0) is 60.1 Å². The zero-order chi connectivity index (χ0) is 25.3. The number of anilines is 1. The van der Waals surface area contributed by atoms with Crippen molar-refractivity contribution >= 4 is 30.8 Å². The SMILES string of the molecule is CC(C)(C)[Si](C)(C)O[C@@H](c1ccc(C(F)(F)F)cc1)[C@H](N)C(=O)Nc1ccc2ncccc2c1. The van der Waals surface area contributed by atoms with Gasteiger partial charge in [0.2, 0.25) is 5.91 Å². The van der Waals surface area contributed by atoms with Crippen molar-refractivity contribution in [2.45, 2.75) is 57.2 Å². The Balaban J connectivity index is 1.91. The number of rotatable bonds is 6. The van der Waals surface area contributed by atoms with Crippen LogP contribution in [0.4, 0.5) is 18.9 Å². The Morgan fingerprint density at radius 1 is 1.06 bits per heavy atom. The first-order valence-corrected chi connectivity index (χ1v) is 13.9. The number of aromatic nitrogens is 1. The molecule has 1 amide bonds. The van der Waals surface area contributed by atoms with E-state index in [2.05, 4.69) is 10.3 Å². The van der Waals surface area contributed by atoms with Crippen molar-refractivity contribution in [1.82, 2.24) is 4.98 Å². The summed E-state index contributed by atoms with van der Waals surface area (Å²) in [5, 5.41) is 3.46. The fourth-order valence-electron chi connectivity index (χ4n) is 3.22. The Morgan fingerprint density at radius 3 is 2.29 bits per heavy atom. The van der Waals surface area contributed by atoms with Crippen LogP contribution in [0.1, 0.15) is 38.0 Å². The zero-order valence-electron chi connectivity index (χ0n) is 19.9. The van der Waals surface area contributed by atoms with Gasteiger partial charge in [-0.25, -0.2) is 0 Å².